The van der Waals surface area contributed by atoms with Crippen LogP contribution in [0.4, 0.5) is 8.78 Å². The molecule has 132 valence electrons. The zero-order chi connectivity index (χ0) is 17.8. The molecular weight excluding hydrogens is 322 g/mol. The zero-order valence-electron chi connectivity index (χ0n) is 14.3. The first-order chi connectivity index (χ1) is 12.0. The van der Waals surface area contributed by atoms with Crippen LogP contribution >= 0.6 is 0 Å². The lowest BCUT2D eigenvalue weighted by Gasteiger charge is -2.16. The molecule has 2 aromatic carbocycles. The third kappa shape index (κ3) is 4.23. The zero-order valence-corrected chi connectivity index (χ0v) is 14.3. The lowest BCUT2D eigenvalue weighted by molar-refractivity contribution is 0.0793. The fraction of sp³-hybridized carbons (Fsp3) is 0.350. The minimum atomic E-state index is -0.839. The highest BCUT2D eigenvalue weighted by Gasteiger charge is 2.19. The monoisotopic (exact) mass is 344 g/mol. The molecule has 0 bridgehead atoms. The van der Waals surface area contributed by atoms with Gasteiger partial charge in [0.15, 0.2) is 11.6 Å². The van der Waals surface area contributed by atoms with Crippen molar-refractivity contribution >= 4 is 5.91 Å². The molecule has 1 fully saturated rings. The van der Waals surface area contributed by atoms with E-state index in [1.54, 1.807) is 6.07 Å². The third-order valence-electron chi connectivity index (χ3n) is 4.65. The molecule has 1 unspecified atom stereocenters. The van der Waals surface area contributed by atoms with Crippen LogP contribution in [0.2, 0.25) is 0 Å². The number of rotatable bonds is 5. The van der Waals surface area contributed by atoms with Crippen molar-refractivity contribution < 1.29 is 13.6 Å². The van der Waals surface area contributed by atoms with Crippen LogP contribution in [0.1, 0.15) is 47.3 Å². The van der Waals surface area contributed by atoms with E-state index in [1.807, 2.05) is 36.1 Å². The maximum Gasteiger partial charge on any atom is 0.253 e. The van der Waals surface area contributed by atoms with E-state index in [-0.39, 0.29) is 11.9 Å². The molecule has 1 aliphatic rings. The number of nitrogens with one attached hydrogen (secondary N) is 1. The van der Waals surface area contributed by atoms with Crippen molar-refractivity contribution in [3.05, 3.63) is 70.8 Å². The van der Waals surface area contributed by atoms with E-state index in [2.05, 4.69) is 5.32 Å². The van der Waals surface area contributed by atoms with Crippen molar-refractivity contribution in [2.45, 2.75) is 32.4 Å². The number of halogens is 2. The van der Waals surface area contributed by atoms with Gasteiger partial charge in [0.25, 0.3) is 5.91 Å². The summed E-state index contributed by atoms with van der Waals surface area (Å²) in [4.78, 5) is 14.2. The minimum Gasteiger partial charge on any atom is -0.339 e. The Bertz CT molecular complexity index is 740. The quantitative estimate of drug-likeness (QED) is 0.887. The highest BCUT2D eigenvalue weighted by molar-refractivity contribution is 5.94. The maximum atomic E-state index is 13.3. The Morgan fingerprint density at radius 1 is 1.08 bits per heavy atom. The summed E-state index contributed by atoms with van der Waals surface area (Å²) in [6, 6.07) is 11.4. The van der Waals surface area contributed by atoms with Crippen molar-refractivity contribution in [2.24, 2.45) is 0 Å². The van der Waals surface area contributed by atoms with Crippen molar-refractivity contribution in [3.8, 4) is 0 Å². The van der Waals surface area contributed by atoms with Gasteiger partial charge in [0, 0.05) is 31.2 Å². The van der Waals surface area contributed by atoms with Crippen molar-refractivity contribution in [1.82, 2.24) is 10.2 Å². The lowest BCUT2D eigenvalue weighted by Crippen LogP contribution is -2.27. The fourth-order valence-electron chi connectivity index (χ4n) is 3.04. The van der Waals surface area contributed by atoms with E-state index < -0.39 is 11.6 Å². The molecule has 0 aliphatic carbocycles. The summed E-state index contributed by atoms with van der Waals surface area (Å²) in [5.74, 6) is -1.59. The highest BCUT2D eigenvalue weighted by Crippen LogP contribution is 2.17. The molecule has 3 nitrogen and oxygen atoms in total. The normalized spacial score (nSPS) is 15.4. The van der Waals surface area contributed by atoms with Gasteiger partial charge < -0.3 is 10.2 Å². The van der Waals surface area contributed by atoms with Crippen molar-refractivity contribution in [1.29, 1.82) is 0 Å². The number of hydrogen-bond acceptors (Lipinski definition) is 2. The predicted molar refractivity (Wildman–Crippen MR) is 93.2 cm³/mol. The van der Waals surface area contributed by atoms with Crippen LogP contribution in [0.3, 0.4) is 0 Å². The summed E-state index contributed by atoms with van der Waals surface area (Å²) in [5, 5.41) is 3.28. The van der Waals surface area contributed by atoms with Gasteiger partial charge >= 0.3 is 0 Å². The Morgan fingerprint density at radius 2 is 1.76 bits per heavy atom. The SMILES string of the molecule is CC(NCc1ccc(C(=O)N2CCCC2)cc1)c1ccc(F)c(F)c1. The van der Waals surface area contributed by atoms with E-state index >= 15 is 0 Å². The lowest BCUT2D eigenvalue weighted by atomic mass is 10.1. The van der Waals surface area contributed by atoms with E-state index in [4.69, 9.17) is 0 Å². The molecule has 1 amide bonds. The van der Waals surface area contributed by atoms with Gasteiger partial charge in [-0.1, -0.05) is 18.2 Å². The molecule has 25 heavy (non-hydrogen) atoms. The second kappa shape index (κ2) is 7.74. The number of carbonyl (C=O) groups is 1. The van der Waals surface area contributed by atoms with E-state index in [9.17, 15) is 13.6 Å². The van der Waals surface area contributed by atoms with Gasteiger partial charge in [-0.25, -0.2) is 8.78 Å². The largest absolute Gasteiger partial charge is 0.339 e. The van der Waals surface area contributed by atoms with E-state index in [0.717, 1.165) is 37.6 Å². The molecular formula is C20H22F2N2O. The van der Waals surface area contributed by atoms with Crippen LogP contribution in [-0.4, -0.2) is 23.9 Å². The molecule has 0 aromatic heterocycles. The fourth-order valence-corrected chi connectivity index (χ4v) is 3.04. The maximum absolute atomic E-state index is 13.3. The molecule has 1 aliphatic heterocycles. The van der Waals surface area contributed by atoms with Crippen LogP contribution in [0.25, 0.3) is 0 Å². The van der Waals surface area contributed by atoms with Gasteiger partial charge in [0.05, 0.1) is 0 Å². The van der Waals surface area contributed by atoms with E-state index in [0.29, 0.717) is 17.7 Å². The topological polar surface area (TPSA) is 32.3 Å². The van der Waals surface area contributed by atoms with Gasteiger partial charge in [0.2, 0.25) is 0 Å². The molecule has 1 atom stereocenters. The summed E-state index contributed by atoms with van der Waals surface area (Å²) in [6.07, 6.45) is 2.16. The molecule has 1 saturated heterocycles. The molecule has 3 rings (SSSR count). The first-order valence-corrected chi connectivity index (χ1v) is 8.61. The average Bonchev–Trinajstić information content (AvgIpc) is 3.16. The van der Waals surface area contributed by atoms with Crippen molar-refractivity contribution in [3.63, 3.8) is 0 Å². The molecule has 1 N–H and O–H groups in total. The van der Waals surface area contributed by atoms with Gasteiger partial charge in [-0.3, -0.25) is 4.79 Å². The average molecular weight is 344 g/mol. The molecule has 2 aromatic rings. The second-order valence-corrected chi connectivity index (χ2v) is 6.47. The first kappa shape index (κ1) is 17.5. The predicted octanol–water partition coefficient (Wildman–Crippen LogP) is 4.05. The summed E-state index contributed by atoms with van der Waals surface area (Å²) in [7, 11) is 0. The van der Waals surface area contributed by atoms with Crippen LogP contribution in [0, 0.1) is 11.6 Å². The number of hydrogen-bond donors (Lipinski definition) is 1. The molecule has 0 spiro atoms. The number of nitrogens with zero attached hydrogens (tertiary/aromatic N) is 1. The van der Waals surface area contributed by atoms with Crippen molar-refractivity contribution in [2.75, 3.05) is 13.1 Å². The Labute approximate surface area is 146 Å². The smallest absolute Gasteiger partial charge is 0.253 e. The van der Waals surface area contributed by atoms with E-state index in [1.165, 1.54) is 6.07 Å². The second-order valence-electron chi connectivity index (χ2n) is 6.47. The Hall–Kier alpha value is -2.27. The molecule has 0 radical (unpaired) electrons. The van der Waals surface area contributed by atoms with Gasteiger partial charge in [-0.05, 0) is 55.2 Å². The summed E-state index contributed by atoms with van der Waals surface area (Å²) >= 11 is 0. The Kier molecular flexibility index (Phi) is 5.43. The standard InChI is InChI=1S/C20H22F2N2O/c1-14(17-8-9-18(21)19(22)12-17)23-13-15-4-6-16(7-5-15)20(25)24-10-2-3-11-24/h4-9,12,14,23H,2-3,10-11,13H2,1H3. The van der Waals surface area contributed by atoms with Gasteiger partial charge in [-0.2, -0.15) is 0 Å². The molecule has 0 saturated carbocycles. The third-order valence-corrected chi connectivity index (χ3v) is 4.65. The first-order valence-electron chi connectivity index (χ1n) is 8.61. The molecule has 1 heterocycles. The van der Waals surface area contributed by atoms with Crippen LogP contribution in [0.15, 0.2) is 42.5 Å². The number of benzene rings is 2. The Morgan fingerprint density at radius 3 is 2.40 bits per heavy atom. The highest BCUT2D eigenvalue weighted by atomic mass is 19.2. The number of amides is 1. The number of carbonyl (C=O) groups excluding carboxylic acids is 1. The Balaban J connectivity index is 1.57. The minimum absolute atomic E-state index is 0.0900. The van der Waals surface area contributed by atoms with Crippen LogP contribution < -0.4 is 5.32 Å². The van der Waals surface area contributed by atoms with Crippen LogP contribution in [-0.2, 0) is 6.54 Å². The van der Waals surface area contributed by atoms with Gasteiger partial charge in [-0.15, -0.1) is 0 Å². The molecule has 5 heteroatoms. The van der Waals surface area contributed by atoms with Crippen LogP contribution in [0.5, 0.6) is 0 Å². The number of likely N-dealkylation sites (tertiary alicyclic amines) is 1. The summed E-state index contributed by atoms with van der Waals surface area (Å²) in [5.41, 5.74) is 2.44. The summed E-state index contributed by atoms with van der Waals surface area (Å²) in [6.45, 7) is 4.16. The van der Waals surface area contributed by atoms with Gasteiger partial charge in [0.1, 0.15) is 0 Å². The summed E-state index contributed by atoms with van der Waals surface area (Å²) < 4.78 is 26.3.